The maximum atomic E-state index is 11.8. The first-order valence-electron chi connectivity index (χ1n) is 6.78. The highest BCUT2D eigenvalue weighted by atomic mass is 16.5. The summed E-state index contributed by atoms with van der Waals surface area (Å²) in [5.74, 6) is 0.297. The van der Waals surface area contributed by atoms with Crippen molar-refractivity contribution in [3.63, 3.8) is 0 Å². The molecule has 0 saturated carbocycles. The summed E-state index contributed by atoms with van der Waals surface area (Å²) in [5.41, 5.74) is 6.02. The van der Waals surface area contributed by atoms with Crippen molar-refractivity contribution in [2.75, 3.05) is 6.61 Å². The molecule has 1 aliphatic heterocycles. The van der Waals surface area contributed by atoms with E-state index in [1.165, 1.54) is 6.42 Å². The summed E-state index contributed by atoms with van der Waals surface area (Å²) >= 11 is 0. The van der Waals surface area contributed by atoms with Gasteiger partial charge in [0, 0.05) is 25.5 Å². The van der Waals surface area contributed by atoms with Gasteiger partial charge in [0.1, 0.15) is 5.78 Å². The van der Waals surface area contributed by atoms with Gasteiger partial charge in [-0.05, 0) is 31.1 Å². The zero-order valence-corrected chi connectivity index (χ0v) is 11.5. The number of rotatable bonds is 6. The average molecular weight is 241 g/mol. The van der Waals surface area contributed by atoms with Crippen molar-refractivity contribution in [1.82, 2.24) is 0 Å². The third kappa shape index (κ3) is 5.64. The van der Waals surface area contributed by atoms with E-state index in [9.17, 15) is 4.79 Å². The Morgan fingerprint density at radius 2 is 2.18 bits per heavy atom. The van der Waals surface area contributed by atoms with Crippen molar-refractivity contribution >= 4 is 5.78 Å². The molecule has 1 rings (SSSR count). The second-order valence-corrected chi connectivity index (χ2v) is 6.24. The lowest BCUT2D eigenvalue weighted by Crippen LogP contribution is -2.36. The maximum Gasteiger partial charge on any atom is 0.134 e. The van der Waals surface area contributed by atoms with Gasteiger partial charge in [0.05, 0.1) is 6.10 Å². The van der Waals surface area contributed by atoms with Crippen LogP contribution in [-0.4, -0.2) is 24.5 Å². The predicted octanol–water partition coefficient (Wildman–Crippen LogP) is 2.67. The number of carbonyl (C=O) groups excluding carboxylic acids is 1. The van der Waals surface area contributed by atoms with Gasteiger partial charge in [-0.3, -0.25) is 4.79 Å². The molecule has 0 aliphatic carbocycles. The first kappa shape index (κ1) is 14.7. The first-order valence-corrected chi connectivity index (χ1v) is 6.78. The van der Waals surface area contributed by atoms with Gasteiger partial charge in [-0.25, -0.2) is 0 Å². The van der Waals surface area contributed by atoms with Crippen molar-refractivity contribution < 1.29 is 9.53 Å². The molecule has 0 aromatic rings. The number of ketones is 1. The maximum absolute atomic E-state index is 11.8. The van der Waals surface area contributed by atoms with Crippen molar-refractivity contribution in [3.8, 4) is 0 Å². The van der Waals surface area contributed by atoms with Crippen molar-refractivity contribution in [3.05, 3.63) is 0 Å². The second-order valence-electron chi connectivity index (χ2n) is 6.24. The van der Waals surface area contributed by atoms with Gasteiger partial charge in [0.25, 0.3) is 0 Å². The molecule has 0 aromatic carbocycles. The summed E-state index contributed by atoms with van der Waals surface area (Å²) in [4.78, 5) is 11.8. The SMILES string of the molecule is CC(C)(C)C(N)CC(=O)CCCC1CCCO1. The van der Waals surface area contributed by atoms with Gasteiger partial charge in [-0.1, -0.05) is 20.8 Å². The highest BCUT2D eigenvalue weighted by molar-refractivity contribution is 5.79. The van der Waals surface area contributed by atoms with Gasteiger partial charge in [-0.15, -0.1) is 0 Å². The van der Waals surface area contributed by atoms with Crippen LogP contribution in [0, 0.1) is 5.41 Å². The average Bonchev–Trinajstić information content (AvgIpc) is 2.69. The highest BCUT2D eigenvalue weighted by Gasteiger charge is 2.23. The standard InChI is InChI=1S/C14H27NO2/c1-14(2,3)13(15)10-11(16)6-4-7-12-8-5-9-17-12/h12-13H,4-10,15H2,1-3H3. The highest BCUT2D eigenvalue weighted by Crippen LogP contribution is 2.21. The smallest absolute Gasteiger partial charge is 0.134 e. The third-order valence-electron chi connectivity index (χ3n) is 3.57. The number of carbonyl (C=O) groups is 1. The molecule has 0 aromatic heterocycles. The van der Waals surface area contributed by atoms with E-state index in [1.807, 2.05) is 0 Å². The molecule has 3 heteroatoms. The predicted molar refractivity (Wildman–Crippen MR) is 69.9 cm³/mol. The molecule has 1 saturated heterocycles. The van der Waals surface area contributed by atoms with Gasteiger partial charge in [-0.2, -0.15) is 0 Å². The summed E-state index contributed by atoms with van der Waals surface area (Å²) in [6.45, 7) is 7.14. The lowest BCUT2D eigenvalue weighted by Gasteiger charge is -2.26. The second kappa shape index (κ2) is 6.50. The van der Waals surface area contributed by atoms with Gasteiger partial charge in [0.2, 0.25) is 0 Å². The van der Waals surface area contributed by atoms with Crippen LogP contribution in [0.2, 0.25) is 0 Å². The van der Waals surface area contributed by atoms with E-state index in [1.54, 1.807) is 0 Å². The number of nitrogens with two attached hydrogens (primary N) is 1. The minimum atomic E-state index is -0.0299. The zero-order chi connectivity index (χ0) is 12.9. The number of ether oxygens (including phenoxy) is 1. The summed E-state index contributed by atoms with van der Waals surface area (Å²) in [5, 5.41) is 0. The van der Waals surface area contributed by atoms with Crippen LogP contribution < -0.4 is 5.73 Å². The minimum absolute atomic E-state index is 0.0181. The quantitative estimate of drug-likeness (QED) is 0.778. The van der Waals surface area contributed by atoms with Crippen LogP contribution in [-0.2, 0) is 9.53 Å². The Morgan fingerprint density at radius 1 is 1.47 bits per heavy atom. The fraction of sp³-hybridized carbons (Fsp3) is 0.929. The Balaban J connectivity index is 2.12. The molecule has 1 heterocycles. The lowest BCUT2D eigenvalue weighted by molar-refractivity contribution is -0.120. The molecule has 0 spiro atoms. The fourth-order valence-electron chi connectivity index (χ4n) is 2.05. The van der Waals surface area contributed by atoms with Gasteiger partial charge >= 0.3 is 0 Å². The van der Waals surface area contributed by atoms with E-state index in [0.29, 0.717) is 24.7 Å². The molecule has 0 radical (unpaired) electrons. The Hall–Kier alpha value is -0.410. The number of Topliss-reactive ketones (excluding diaryl/α,β-unsaturated/α-hetero) is 1. The van der Waals surface area contributed by atoms with E-state index >= 15 is 0 Å². The molecule has 2 unspecified atom stereocenters. The number of hydrogen-bond acceptors (Lipinski definition) is 3. The van der Waals surface area contributed by atoms with Crippen LogP contribution in [0.4, 0.5) is 0 Å². The van der Waals surface area contributed by atoms with Crippen molar-refractivity contribution in [2.45, 2.75) is 71.4 Å². The molecule has 0 amide bonds. The number of hydrogen-bond donors (Lipinski definition) is 1. The molecular weight excluding hydrogens is 214 g/mol. The normalized spacial score (nSPS) is 22.7. The summed E-state index contributed by atoms with van der Waals surface area (Å²) in [6.07, 6.45) is 5.87. The van der Waals surface area contributed by atoms with Crippen LogP contribution in [0.25, 0.3) is 0 Å². The van der Waals surface area contributed by atoms with E-state index < -0.39 is 0 Å². The molecule has 2 atom stereocenters. The van der Waals surface area contributed by atoms with Crippen LogP contribution in [0.3, 0.4) is 0 Å². The molecule has 17 heavy (non-hydrogen) atoms. The van der Waals surface area contributed by atoms with E-state index in [-0.39, 0.29) is 11.5 Å². The summed E-state index contributed by atoms with van der Waals surface area (Å²) in [6, 6.07) is -0.0299. The van der Waals surface area contributed by atoms with Crippen LogP contribution in [0.15, 0.2) is 0 Å². The molecule has 2 N–H and O–H groups in total. The van der Waals surface area contributed by atoms with E-state index in [2.05, 4.69) is 20.8 Å². The monoisotopic (exact) mass is 241 g/mol. The van der Waals surface area contributed by atoms with Gasteiger partial charge < -0.3 is 10.5 Å². The van der Waals surface area contributed by atoms with Crippen LogP contribution >= 0.6 is 0 Å². The van der Waals surface area contributed by atoms with Crippen molar-refractivity contribution in [2.24, 2.45) is 11.1 Å². The van der Waals surface area contributed by atoms with E-state index in [4.69, 9.17) is 10.5 Å². The van der Waals surface area contributed by atoms with Crippen LogP contribution in [0.1, 0.15) is 59.3 Å². The van der Waals surface area contributed by atoms with E-state index in [0.717, 1.165) is 25.9 Å². The molecule has 100 valence electrons. The van der Waals surface area contributed by atoms with Crippen LogP contribution in [0.5, 0.6) is 0 Å². The summed E-state index contributed by atoms with van der Waals surface area (Å²) in [7, 11) is 0. The molecule has 0 bridgehead atoms. The molecule has 1 aliphatic rings. The zero-order valence-electron chi connectivity index (χ0n) is 11.5. The Morgan fingerprint density at radius 3 is 2.71 bits per heavy atom. The Labute approximate surface area is 105 Å². The summed E-state index contributed by atoms with van der Waals surface area (Å²) < 4.78 is 5.53. The molecule has 3 nitrogen and oxygen atoms in total. The minimum Gasteiger partial charge on any atom is -0.378 e. The Kier molecular flexibility index (Phi) is 5.60. The topological polar surface area (TPSA) is 52.3 Å². The third-order valence-corrected chi connectivity index (χ3v) is 3.57. The fourth-order valence-corrected chi connectivity index (χ4v) is 2.05. The van der Waals surface area contributed by atoms with Gasteiger partial charge in [0.15, 0.2) is 0 Å². The van der Waals surface area contributed by atoms with Crippen molar-refractivity contribution in [1.29, 1.82) is 0 Å². The first-order chi connectivity index (χ1) is 7.89. The Bertz CT molecular complexity index is 239. The molecule has 1 fully saturated rings. The lowest BCUT2D eigenvalue weighted by atomic mass is 9.84. The largest absolute Gasteiger partial charge is 0.378 e. The molecular formula is C14H27NO2.